The van der Waals surface area contributed by atoms with Crippen LogP contribution >= 0.6 is 0 Å². The fourth-order valence-corrected chi connectivity index (χ4v) is 1.74. The van der Waals surface area contributed by atoms with Crippen molar-refractivity contribution in [3.63, 3.8) is 0 Å². The lowest BCUT2D eigenvalue weighted by Gasteiger charge is -2.07. The molecule has 7 nitrogen and oxygen atoms in total. The van der Waals surface area contributed by atoms with Crippen molar-refractivity contribution in [2.45, 2.75) is 32.1 Å². The average Bonchev–Trinajstić information content (AvgIpc) is 2.40. The van der Waals surface area contributed by atoms with Gasteiger partial charge in [0.1, 0.15) is 5.75 Å². The molecule has 1 amide bonds. The SMILES string of the molecule is NCCCCCCC(=O)Nc1ccc([N+](=O)[O-])cc1O. The Bertz CT molecular complexity index is 477. The van der Waals surface area contributed by atoms with Crippen molar-refractivity contribution >= 4 is 17.3 Å². The Morgan fingerprint density at radius 2 is 2.00 bits per heavy atom. The molecule has 0 unspecified atom stereocenters. The number of carbonyl (C=O) groups excluding carboxylic acids is 1. The van der Waals surface area contributed by atoms with Crippen molar-refractivity contribution < 1.29 is 14.8 Å². The standard InChI is InChI=1S/C13H19N3O4/c14-8-4-2-1-3-5-13(18)15-11-7-6-10(16(19)20)9-12(11)17/h6-7,9,17H,1-5,8,14H2,(H,15,18). The van der Waals surface area contributed by atoms with Gasteiger partial charge in [-0.1, -0.05) is 12.8 Å². The number of non-ortho nitro benzene ring substituents is 1. The number of anilines is 1. The maximum absolute atomic E-state index is 11.6. The minimum absolute atomic E-state index is 0.183. The van der Waals surface area contributed by atoms with Gasteiger partial charge >= 0.3 is 0 Å². The van der Waals surface area contributed by atoms with Gasteiger partial charge in [0.15, 0.2) is 0 Å². The summed E-state index contributed by atoms with van der Waals surface area (Å²) in [6.45, 7) is 0.656. The van der Waals surface area contributed by atoms with Crippen LogP contribution in [0.4, 0.5) is 11.4 Å². The van der Waals surface area contributed by atoms with Crippen LogP contribution in [0, 0.1) is 10.1 Å². The first-order valence-corrected chi connectivity index (χ1v) is 6.52. The van der Waals surface area contributed by atoms with E-state index in [0.29, 0.717) is 13.0 Å². The molecule has 0 aromatic heterocycles. The van der Waals surface area contributed by atoms with Gasteiger partial charge in [-0.3, -0.25) is 14.9 Å². The highest BCUT2D eigenvalue weighted by atomic mass is 16.6. The number of phenolic OH excluding ortho intramolecular Hbond substituents is 1. The summed E-state index contributed by atoms with van der Waals surface area (Å²) in [5.74, 6) is -0.530. The summed E-state index contributed by atoms with van der Waals surface area (Å²) in [5.41, 5.74) is 5.33. The fraction of sp³-hybridized carbons (Fsp3) is 0.462. The predicted octanol–water partition coefficient (Wildman–Crippen LogP) is 2.15. The number of nitrogens with zero attached hydrogens (tertiary/aromatic N) is 1. The van der Waals surface area contributed by atoms with Crippen LogP contribution in [-0.2, 0) is 4.79 Å². The monoisotopic (exact) mass is 281 g/mol. The topological polar surface area (TPSA) is 118 Å². The van der Waals surface area contributed by atoms with Gasteiger partial charge in [-0.2, -0.15) is 0 Å². The van der Waals surface area contributed by atoms with Gasteiger partial charge in [-0.15, -0.1) is 0 Å². The van der Waals surface area contributed by atoms with E-state index in [1.54, 1.807) is 0 Å². The van der Waals surface area contributed by atoms with Gasteiger partial charge in [-0.25, -0.2) is 0 Å². The Labute approximate surface area is 116 Å². The quantitative estimate of drug-likeness (QED) is 0.292. The molecule has 0 aliphatic heterocycles. The number of unbranched alkanes of at least 4 members (excludes halogenated alkanes) is 3. The Kier molecular flexibility index (Phi) is 6.45. The van der Waals surface area contributed by atoms with Crippen LogP contribution in [0.5, 0.6) is 5.75 Å². The van der Waals surface area contributed by atoms with Crippen LogP contribution in [0.25, 0.3) is 0 Å². The van der Waals surface area contributed by atoms with Gasteiger partial charge < -0.3 is 16.2 Å². The highest BCUT2D eigenvalue weighted by Gasteiger charge is 2.11. The summed E-state index contributed by atoms with van der Waals surface area (Å²) in [6, 6.07) is 3.56. The van der Waals surface area contributed by atoms with Gasteiger partial charge in [0, 0.05) is 12.5 Å². The van der Waals surface area contributed by atoms with Crippen LogP contribution in [-0.4, -0.2) is 22.5 Å². The van der Waals surface area contributed by atoms with Crippen molar-refractivity contribution in [1.29, 1.82) is 0 Å². The van der Waals surface area contributed by atoms with E-state index in [2.05, 4.69) is 5.32 Å². The minimum Gasteiger partial charge on any atom is -0.506 e. The second-order valence-electron chi connectivity index (χ2n) is 4.46. The van der Waals surface area contributed by atoms with E-state index in [1.165, 1.54) is 12.1 Å². The highest BCUT2D eigenvalue weighted by Crippen LogP contribution is 2.27. The number of phenols is 1. The maximum Gasteiger partial charge on any atom is 0.273 e. The molecular weight excluding hydrogens is 262 g/mol. The van der Waals surface area contributed by atoms with E-state index < -0.39 is 4.92 Å². The summed E-state index contributed by atoms with van der Waals surface area (Å²) in [5, 5.41) is 22.6. The third-order valence-corrected chi connectivity index (χ3v) is 2.82. The second-order valence-corrected chi connectivity index (χ2v) is 4.46. The lowest BCUT2D eigenvalue weighted by Crippen LogP contribution is -2.11. The first kappa shape index (κ1) is 15.9. The second kappa shape index (κ2) is 8.11. The van der Waals surface area contributed by atoms with Crippen LogP contribution in [0.1, 0.15) is 32.1 Å². The average molecular weight is 281 g/mol. The largest absolute Gasteiger partial charge is 0.506 e. The molecule has 20 heavy (non-hydrogen) atoms. The van der Waals surface area contributed by atoms with E-state index in [4.69, 9.17) is 5.73 Å². The Balaban J connectivity index is 2.44. The summed E-state index contributed by atoms with van der Waals surface area (Å²) < 4.78 is 0. The molecule has 1 aromatic carbocycles. The number of rotatable bonds is 8. The number of carbonyl (C=O) groups is 1. The van der Waals surface area contributed by atoms with Crippen molar-refractivity contribution in [1.82, 2.24) is 0 Å². The number of benzene rings is 1. The molecule has 0 atom stereocenters. The molecular formula is C13H19N3O4. The molecule has 0 heterocycles. The van der Waals surface area contributed by atoms with Crippen molar-refractivity contribution in [2.24, 2.45) is 5.73 Å². The fourth-order valence-electron chi connectivity index (χ4n) is 1.74. The summed E-state index contributed by atoms with van der Waals surface area (Å²) in [4.78, 5) is 21.5. The van der Waals surface area contributed by atoms with Crippen LogP contribution < -0.4 is 11.1 Å². The first-order valence-electron chi connectivity index (χ1n) is 6.52. The number of amides is 1. The minimum atomic E-state index is -0.608. The van der Waals surface area contributed by atoms with Crippen molar-refractivity contribution in [3.8, 4) is 5.75 Å². The Morgan fingerprint density at radius 3 is 2.60 bits per heavy atom. The lowest BCUT2D eigenvalue weighted by atomic mass is 10.1. The number of hydrogen-bond acceptors (Lipinski definition) is 5. The molecule has 0 saturated carbocycles. The maximum atomic E-state index is 11.6. The number of nitro groups is 1. The number of nitrogens with two attached hydrogens (primary N) is 1. The molecule has 0 saturated heterocycles. The molecule has 0 spiro atoms. The van der Waals surface area contributed by atoms with E-state index in [1.807, 2.05) is 0 Å². The van der Waals surface area contributed by atoms with Crippen LogP contribution in [0.2, 0.25) is 0 Å². The molecule has 1 aromatic rings. The zero-order valence-electron chi connectivity index (χ0n) is 11.2. The Hall–Kier alpha value is -2.15. The van der Waals surface area contributed by atoms with E-state index in [-0.39, 0.29) is 23.0 Å². The molecule has 0 fully saturated rings. The van der Waals surface area contributed by atoms with Gasteiger partial charge in [-0.05, 0) is 25.5 Å². The normalized spacial score (nSPS) is 10.2. The summed E-state index contributed by atoms with van der Waals surface area (Å²) in [6.07, 6.45) is 3.97. The summed E-state index contributed by atoms with van der Waals surface area (Å²) in [7, 11) is 0. The third-order valence-electron chi connectivity index (χ3n) is 2.82. The molecule has 0 aliphatic carbocycles. The smallest absolute Gasteiger partial charge is 0.273 e. The zero-order valence-corrected chi connectivity index (χ0v) is 11.2. The van der Waals surface area contributed by atoms with Gasteiger partial charge in [0.2, 0.25) is 5.91 Å². The van der Waals surface area contributed by atoms with Gasteiger partial charge in [0.25, 0.3) is 5.69 Å². The summed E-state index contributed by atoms with van der Waals surface area (Å²) >= 11 is 0. The van der Waals surface area contributed by atoms with Crippen molar-refractivity contribution in [2.75, 3.05) is 11.9 Å². The molecule has 1 rings (SSSR count). The predicted molar refractivity (Wildman–Crippen MR) is 75.5 cm³/mol. The van der Waals surface area contributed by atoms with Gasteiger partial charge in [0.05, 0.1) is 16.7 Å². The molecule has 0 aliphatic rings. The van der Waals surface area contributed by atoms with Crippen molar-refractivity contribution in [3.05, 3.63) is 28.3 Å². The van der Waals surface area contributed by atoms with E-state index >= 15 is 0 Å². The third kappa shape index (κ3) is 5.23. The molecule has 4 N–H and O–H groups in total. The van der Waals surface area contributed by atoms with E-state index in [9.17, 15) is 20.0 Å². The zero-order chi connectivity index (χ0) is 15.0. The molecule has 0 radical (unpaired) electrons. The highest BCUT2D eigenvalue weighted by molar-refractivity contribution is 5.92. The molecule has 7 heteroatoms. The first-order chi connectivity index (χ1) is 9.54. The van der Waals surface area contributed by atoms with E-state index in [0.717, 1.165) is 31.7 Å². The number of aromatic hydroxyl groups is 1. The van der Waals surface area contributed by atoms with Crippen LogP contribution in [0.15, 0.2) is 18.2 Å². The number of nitrogens with one attached hydrogen (secondary N) is 1. The lowest BCUT2D eigenvalue weighted by molar-refractivity contribution is -0.384. The number of hydrogen-bond donors (Lipinski definition) is 3. The Morgan fingerprint density at radius 1 is 1.30 bits per heavy atom. The molecule has 0 bridgehead atoms. The molecule has 110 valence electrons. The van der Waals surface area contributed by atoms with Crippen LogP contribution in [0.3, 0.4) is 0 Å². The number of nitro benzene ring substituents is 1.